The fraction of sp³-hybridized carbons (Fsp3) is 1.00. The van der Waals surface area contributed by atoms with Crippen LogP contribution in [0.3, 0.4) is 0 Å². The monoisotopic (exact) mass is 212 g/mol. The molecule has 0 N–H and O–H groups in total. The molecule has 0 unspecified atom stereocenters. The van der Waals surface area contributed by atoms with Crippen LogP contribution in [0.1, 0.15) is 0 Å². The van der Waals surface area contributed by atoms with Crippen LogP contribution in [0.2, 0.25) is 0 Å². The standard InChI is InChI=1S/C8H22ClN2P/c1-10(2)7-8-11(3)12(4,5,6)9/h7-8H2,1-6H3. The van der Waals surface area contributed by atoms with Gasteiger partial charge in [0.25, 0.3) is 0 Å². The first-order valence-electron chi connectivity index (χ1n) is 4.18. The van der Waals surface area contributed by atoms with Crippen LogP contribution in [0, 0.1) is 0 Å². The summed E-state index contributed by atoms with van der Waals surface area (Å²) in [6.07, 6.45) is -2.01. The molecule has 0 aromatic carbocycles. The first-order chi connectivity index (χ1) is 5.10. The van der Waals surface area contributed by atoms with Gasteiger partial charge in [0, 0.05) is 0 Å². The molecule has 0 fully saturated rings. The first-order valence-corrected chi connectivity index (χ1v) is 8.62. The molecule has 76 valence electrons. The van der Waals surface area contributed by atoms with Crippen LogP contribution in [0.25, 0.3) is 0 Å². The third-order valence-corrected chi connectivity index (χ3v) is 5.31. The molecule has 0 amide bonds. The molecule has 0 aliphatic carbocycles. The summed E-state index contributed by atoms with van der Waals surface area (Å²) in [6, 6.07) is 0. The van der Waals surface area contributed by atoms with Crippen molar-refractivity contribution >= 4 is 17.3 Å². The third-order valence-electron chi connectivity index (χ3n) is 2.02. The number of hydrogen-bond donors (Lipinski definition) is 0. The van der Waals surface area contributed by atoms with Gasteiger partial charge in [-0.25, -0.2) is 0 Å². The van der Waals surface area contributed by atoms with E-state index in [0.29, 0.717) is 0 Å². The van der Waals surface area contributed by atoms with Gasteiger partial charge in [-0.3, -0.25) is 0 Å². The minimum atomic E-state index is -2.01. The van der Waals surface area contributed by atoms with Crippen LogP contribution < -0.4 is 0 Å². The number of likely N-dealkylation sites (N-methyl/N-ethyl adjacent to an activating group) is 2. The average Bonchev–Trinajstić information content (AvgIpc) is 1.78. The Morgan fingerprint density at radius 2 is 1.42 bits per heavy atom. The summed E-state index contributed by atoms with van der Waals surface area (Å²) in [5, 5.41) is 0. The summed E-state index contributed by atoms with van der Waals surface area (Å²) < 4.78 is 2.28. The molecule has 0 atom stereocenters. The van der Waals surface area contributed by atoms with E-state index >= 15 is 0 Å². The normalized spacial score (nSPS) is 16.6. The zero-order valence-electron chi connectivity index (χ0n) is 9.13. The molecule has 0 saturated carbocycles. The number of halogens is 1. The van der Waals surface area contributed by atoms with Gasteiger partial charge in [0.05, 0.1) is 0 Å². The zero-order valence-corrected chi connectivity index (χ0v) is 10.8. The van der Waals surface area contributed by atoms with Crippen molar-refractivity contribution in [3.63, 3.8) is 0 Å². The Kier molecular flexibility index (Phi) is 3.99. The van der Waals surface area contributed by atoms with Gasteiger partial charge >= 0.3 is 81.1 Å². The van der Waals surface area contributed by atoms with Crippen molar-refractivity contribution in [3.05, 3.63) is 0 Å². The number of nitrogens with zero attached hydrogens (tertiary/aromatic N) is 2. The van der Waals surface area contributed by atoms with Crippen molar-refractivity contribution in [1.82, 2.24) is 9.57 Å². The molecule has 12 heavy (non-hydrogen) atoms. The van der Waals surface area contributed by atoms with Gasteiger partial charge < -0.3 is 0 Å². The summed E-state index contributed by atoms with van der Waals surface area (Å²) in [4.78, 5) is 2.18. The van der Waals surface area contributed by atoms with E-state index < -0.39 is 6.11 Å². The zero-order chi connectivity index (χ0) is 10.0. The van der Waals surface area contributed by atoms with E-state index in [1.54, 1.807) is 0 Å². The molecule has 0 aromatic heterocycles. The van der Waals surface area contributed by atoms with E-state index in [0.717, 1.165) is 13.1 Å². The molecule has 0 aromatic rings. The fourth-order valence-corrected chi connectivity index (χ4v) is 1.67. The second-order valence-electron chi connectivity index (χ2n) is 4.71. The van der Waals surface area contributed by atoms with Gasteiger partial charge in [-0.15, -0.1) is 0 Å². The molecule has 0 aliphatic rings. The SMILES string of the molecule is CN(C)CCN(C)P(C)(C)(C)Cl. The Morgan fingerprint density at radius 1 is 1.00 bits per heavy atom. The molecule has 0 spiro atoms. The molecule has 0 heterocycles. The Balaban J connectivity index is 3.97. The van der Waals surface area contributed by atoms with Crippen LogP contribution >= 0.6 is 17.3 Å². The van der Waals surface area contributed by atoms with Crippen LogP contribution in [0.4, 0.5) is 0 Å². The van der Waals surface area contributed by atoms with Crippen LogP contribution in [-0.4, -0.2) is 63.8 Å². The topological polar surface area (TPSA) is 6.48 Å². The first kappa shape index (κ1) is 12.6. The number of rotatable bonds is 4. The van der Waals surface area contributed by atoms with Gasteiger partial charge in [0.2, 0.25) is 0 Å². The van der Waals surface area contributed by atoms with Crippen LogP contribution in [0.5, 0.6) is 0 Å². The van der Waals surface area contributed by atoms with Crippen molar-refractivity contribution in [2.45, 2.75) is 0 Å². The second-order valence-corrected chi connectivity index (χ2v) is 13.9. The maximum absolute atomic E-state index is 6.46. The van der Waals surface area contributed by atoms with Crippen molar-refractivity contribution in [2.75, 3.05) is 54.2 Å². The Morgan fingerprint density at radius 3 is 1.67 bits per heavy atom. The summed E-state index contributed by atoms with van der Waals surface area (Å²) in [5.41, 5.74) is 0. The van der Waals surface area contributed by atoms with E-state index in [1.165, 1.54) is 0 Å². The van der Waals surface area contributed by atoms with E-state index in [-0.39, 0.29) is 0 Å². The third kappa shape index (κ3) is 5.31. The van der Waals surface area contributed by atoms with Crippen molar-refractivity contribution in [1.29, 1.82) is 0 Å². The van der Waals surface area contributed by atoms with Crippen molar-refractivity contribution < 1.29 is 0 Å². The van der Waals surface area contributed by atoms with Crippen LogP contribution in [-0.2, 0) is 0 Å². The molecule has 0 radical (unpaired) electrons. The van der Waals surface area contributed by atoms with Gasteiger partial charge in [0.15, 0.2) is 0 Å². The van der Waals surface area contributed by atoms with E-state index in [9.17, 15) is 0 Å². The van der Waals surface area contributed by atoms with Gasteiger partial charge in [-0.05, 0) is 0 Å². The molecule has 0 aliphatic heterocycles. The Hall–Kier alpha value is 0.640. The minimum absolute atomic E-state index is 1.04. The Bertz CT molecular complexity index is 142. The van der Waals surface area contributed by atoms with Crippen LogP contribution in [0.15, 0.2) is 0 Å². The number of hydrogen-bond acceptors (Lipinski definition) is 2. The summed E-state index contributed by atoms with van der Waals surface area (Å²) in [7, 11) is 6.27. The van der Waals surface area contributed by atoms with Gasteiger partial charge in [0.1, 0.15) is 0 Å². The molecular weight excluding hydrogens is 191 g/mol. The van der Waals surface area contributed by atoms with E-state index in [4.69, 9.17) is 11.2 Å². The molecule has 4 heteroatoms. The molecular formula is C8H22ClN2P. The molecule has 0 bridgehead atoms. The summed E-state index contributed by atoms with van der Waals surface area (Å²) in [6.45, 7) is 8.57. The van der Waals surface area contributed by atoms with E-state index in [1.807, 2.05) is 0 Å². The van der Waals surface area contributed by atoms with E-state index in [2.05, 4.69) is 50.7 Å². The predicted octanol–water partition coefficient (Wildman–Crippen LogP) is 1.99. The summed E-state index contributed by atoms with van der Waals surface area (Å²) in [5.74, 6) is 0. The molecule has 2 nitrogen and oxygen atoms in total. The molecule has 0 saturated heterocycles. The Labute approximate surface area is 81.6 Å². The van der Waals surface area contributed by atoms with Crippen molar-refractivity contribution in [2.24, 2.45) is 0 Å². The fourth-order valence-electron chi connectivity index (χ4n) is 0.683. The predicted molar refractivity (Wildman–Crippen MR) is 61.7 cm³/mol. The molecule has 0 rings (SSSR count). The van der Waals surface area contributed by atoms with Gasteiger partial charge in [-0.1, -0.05) is 0 Å². The van der Waals surface area contributed by atoms with Crippen molar-refractivity contribution in [3.8, 4) is 0 Å². The average molecular weight is 213 g/mol. The van der Waals surface area contributed by atoms with Gasteiger partial charge in [-0.2, -0.15) is 0 Å². The summed E-state index contributed by atoms with van der Waals surface area (Å²) >= 11 is 6.46. The quantitative estimate of drug-likeness (QED) is 0.658. The maximum atomic E-state index is 6.46. The second kappa shape index (κ2) is 3.79.